The second-order valence-electron chi connectivity index (χ2n) is 6.11. The lowest BCUT2D eigenvalue weighted by Gasteiger charge is -2.28. The third-order valence-corrected chi connectivity index (χ3v) is 4.50. The van der Waals surface area contributed by atoms with E-state index in [1.165, 1.54) is 0 Å². The topological polar surface area (TPSA) is 58.6 Å². The van der Waals surface area contributed by atoms with E-state index in [2.05, 4.69) is 5.32 Å². The van der Waals surface area contributed by atoms with E-state index >= 15 is 0 Å². The van der Waals surface area contributed by atoms with Gasteiger partial charge < -0.3 is 15.0 Å². The van der Waals surface area contributed by atoms with Crippen LogP contribution in [0.1, 0.15) is 19.4 Å². The molecule has 0 radical (unpaired) electrons. The average Bonchev–Trinajstić information content (AvgIpc) is 2.68. The molecule has 27 heavy (non-hydrogen) atoms. The van der Waals surface area contributed by atoms with Gasteiger partial charge in [0.1, 0.15) is 11.8 Å². The van der Waals surface area contributed by atoms with Crippen molar-refractivity contribution in [3.63, 3.8) is 0 Å². The standard InChI is InChI=1S/C21H25ClN2O3/c1-3-23-21(26)16(2)24(14-13-17-9-5-4-6-10-17)20(25)15-27-19-12-8-7-11-18(19)22/h4-12,16H,3,13-15H2,1-2H3,(H,23,26). The van der Waals surface area contributed by atoms with Crippen molar-refractivity contribution >= 4 is 23.4 Å². The Morgan fingerprint density at radius 3 is 2.44 bits per heavy atom. The van der Waals surface area contributed by atoms with Crippen molar-refractivity contribution in [2.45, 2.75) is 26.3 Å². The minimum absolute atomic E-state index is 0.178. The Hall–Kier alpha value is -2.53. The van der Waals surface area contributed by atoms with Crippen LogP contribution in [0.4, 0.5) is 0 Å². The highest BCUT2D eigenvalue weighted by atomic mass is 35.5. The van der Waals surface area contributed by atoms with Gasteiger partial charge in [0.25, 0.3) is 5.91 Å². The maximum atomic E-state index is 12.8. The number of hydrogen-bond donors (Lipinski definition) is 1. The number of rotatable bonds is 9. The molecule has 0 aliphatic rings. The van der Waals surface area contributed by atoms with Crippen molar-refractivity contribution in [2.24, 2.45) is 0 Å². The van der Waals surface area contributed by atoms with E-state index in [1.54, 1.807) is 36.1 Å². The highest BCUT2D eigenvalue weighted by Crippen LogP contribution is 2.23. The molecule has 0 bridgehead atoms. The number of hydrogen-bond acceptors (Lipinski definition) is 3. The van der Waals surface area contributed by atoms with Crippen LogP contribution in [0.3, 0.4) is 0 Å². The second-order valence-corrected chi connectivity index (χ2v) is 6.52. The zero-order valence-corrected chi connectivity index (χ0v) is 16.4. The van der Waals surface area contributed by atoms with Gasteiger partial charge in [0.05, 0.1) is 5.02 Å². The van der Waals surface area contributed by atoms with E-state index in [4.69, 9.17) is 16.3 Å². The Balaban J connectivity index is 2.06. The zero-order chi connectivity index (χ0) is 19.6. The van der Waals surface area contributed by atoms with Gasteiger partial charge in [-0.05, 0) is 38.0 Å². The van der Waals surface area contributed by atoms with Crippen molar-refractivity contribution < 1.29 is 14.3 Å². The van der Waals surface area contributed by atoms with Gasteiger partial charge in [0.15, 0.2) is 6.61 Å². The van der Waals surface area contributed by atoms with E-state index in [0.717, 1.165) is 5.56 Å². The molecule has 0 aromatic heterocycles. The molecular formula is C21H25ClN2O3. The van der Waals surface area contributed by atoms with Crippen molar-refractivity contribution in [3.8, 4) is 5.75 Å². The lowest BCUT2D eigenvalue weighted by molar-refractivity contribution is -0.141. The second kappa shape index (κ2) is 10.6. The van der Waals surface area contributed by atoms with Gasteiger partial charge in [0, 0.05) is 13.1 Å². The number of ether oxygens (including phenoxy) is 1. The Morgan fingerprint density at radius 2 is 1.78 bits per heavy atom. The molecule has 0 spiro atoms. The van der Waals surface area contributed by atoms with E-state index < -0.39 is 6.04 Å². The molecule has 1 unspecified atom stereocenters. The molecule has 2 aromatic rings. The van der Waals surface area contributed by atoms with Crippen LogP contribution in [0.5, 0.6) is 5.75 Å². The molecule has 2 amide bonds. The molecule has 1 N–H and O–H groups in total. The molecule has 144 valence electrons. The minimum Gasteiger partial charge on any atom is -0.482 e. The summed E-state index contributed by atoms with van der Waals surface area (Å²) in [4.78, 5) is 26.6. The molecule has 0 saturated carbocycles. The van der Waals surface area contributed by atoms with Gasteiger partial charge in [-0.2, -0.15) is 0 Å². The summed E-state index contributed by atoms with van der Waals surface area (Å²) in [6, 6.07) is 16.3. The van der Waals surface area contributed by atoms with Gasteiger partial charge >= 0.3 is 0 Å². The first kappa shape index (κ1) is 20.8. The molecule has 6 heteroatoms. The van der Waals surface area contributed by atoms with Crippen molar-refractivity contribution in [2.75, 3.05) is 19.7 Å². The summed E-state index contributed by atoms with van der Waals surface area (Å²) >= 11 is 6.07. The molecule has 0 fully saturated rings. The Morgan fingerprint density at radius 1 is 1.11 bits per heavy atom. The number of likely N-dealkylation sites (N-methyl/N-ethyl adjacent to an activating group) is 1. The normalized spacial score (nSPS) is 11.5. The minimum atomic E-state index is -0.587. The molecule has 0 saturated heterocycles. The summed E-state index contributed by atoms with van der Waals surface area (Å²) < 4.78 is 5.57. The number of nitrogens with zero attached hydrogens (tertiary/aromatic N) is 1. The van der Waals surface area contributed by atoms with Crippen molar-refractivity contribution in [1.82, 2.24) is 10.2 Å². The number of carbonyl (C=O) groups excluding carboxylic acids is 2. The molecule has 0 aliphatic heterocycles. The van der Waals surface area contributed by atoms with E-state index in [9.17, 15) is 9.59 Å². The van der Waals surface area contributed by atoms with E-state index in [0.29, 0.717) is 30.3 Å². The molecule has 2 rings (SSSR count). The summed E-state index contributed by atoms with van der Waals surface area (Å²) in [6.45, 7) is 4.33. The molecule has 0 heterocycles. The monoisotopic (exact) mass is 388 g/mol. The number of halogens is 1. The van der Waals surface area contributed by atoms with Crippen LogP contribution in [-0.2, 0) is 16.0 Å². The average molecular weight is 389 g/mol. The van der Waals surface area contributed by atoms with Gasteiger partial charge in [0.2, 0.25) is 5.91 Å². The summed E-state index contributed by atoms with van der Waals surface area (Å²) in [5, 5.41) is 3.21. The SMILES string of the molecule is CCNC(=O)C(C)N(CCc1ccccc1)C(=O)COc1ccccc1Cl. The number of benzene rings is 2. The quantitative estimate of drug-likeness (QED) is 0.716. The third kappa shape index (κ3) is 6.29. The summed E-state index contributed by atoms with van der Waals surface area (Å²) in [6.07, 6.45) is 0.655. The number of amides is 2. The van der Waals surface area contributed by atoms with E-state index in [-0.39, 0.29) is 18.4 Å². The first-order valence-corrected chi connectivity index (χ1v) is 9.39. The van der Waals surface area contributed by atoms with Crippen LogP contribution < -0.4 is 10.1 Å². The first-order valence-electron chi connectivity index (χ1n) is 9.01. The summed E-state index contributed by atoms with van der Waals surface area (Å²) in [5.74, 6) is 0.00227. The fraction of sp³-hybridized carbons (Fsp3) is 0.333. The van der Waals surface area contributed by atoms with Gasteiger partial charge in [-0.25, -0.2) is 0 Å². The molecule has 5 nitrogen and oxygen atoms in total. The fourth-order valence-electron chi connectivity index (χ4n) is 2.68. The number of para-hydroxylation sites is 1. The van der Waals surface area contributed by atoms with E-state index in [1.807, 2.05) is 37.3 Å². The summed E-state index contributed by atoms with van der Waals surface area (Å²) in [7, 11) is 0. The van der Waals surface area contributed by atoms with Crippen LogP contribution >= 0.6 is 11.6 Å². The van der Waals surface area contributed by atoms with Crippen LogP contribution in [0, 0.1) is 0 Å². The Labute approximate surface area is 165 Å². The first-order chi connectivity index (χ1) is 13.0. The lowest BCUT2D eigenvalue weighted by atomic mass is 10.1. The van der Waals surface area contributed by atoms with Crippen LogP contribution in [0.2, 0.25) is 5.02 Å². The number of nitrogens with one attached hydrogen (secondary N) is 1. The number of carbonyl (C=O) groups is 2. The van der Waals surface area contributed by atoms with Crippen molar-refractivity contribution in [1.29, 1.82) is 0 Å². The van der Waals surface area contributed by atoms with Crippen molar-refractivity contribution in [3.05, 3.63) is 65.2 Å². The smallest absolute Gasteiger partial charge is 0.261 e. The predicted molar refractivity (Wildman–Crippen MR) is 107 cm³/mol. The Bertz CT molecular complexity index is 752. The van der Waals surface area contributed by atoms with Gasteiger partial charge in [-0.15, -0.1) is 0 Å². The van der Waals surface area contributed by atoms with Gasteiger partial charge in [-0.3, -0.25) is 9.59 Å². The molecule has 2 aromatic carbocycles. The molecular weight excluding hydrogens is 364 g/mol. The fourth-order valence-corrected chi connectivity index (χ4v) is 2.87. The highest BCUT2D eigenvalue weighted by molar-refractivity contribution is 6.32. The Kier molecular flexibility index (Phi) is 8.14. The third-order valence-electron chi connectivity index (χ3n) is 4.19. The largest absolute Gasteiger partial charge is 0.482 e. The van der Waals surface area contributed by atoms with Crippen LogP contribution in [-0.4, -0.2) is 42.5 Å². The van der Waals surface area contributed by atoms with Crippen LogP contribution in [0.25, 0.3) is 0 Å². The molecule has 1 atom stereocenters. The van der Waals surface area contributed by atoms with Gasteiger partial charge in [-0.1, -0.05) is 54.1 Å². The zero-order valence-electron chi connectivity index (χ0n) is 15.7. The maximum absolute atomic E-state index is 12.8. The summed E-state index contributed by atoms with van der Waals surface area (Å²) in [5.41, 5.74) is 1.10. The predicted octanol–water partition coefficient (Wildman–Crippen LogP) is 3.31. The molecule has 0 aliphatic carbocycles. The van der Waals surface area contributed by atoms with Crippen LogP contribution in [0.15, 0.2) is 54.6 Å². The highest BCUT2D eigenvalue weighted by Gasteiger charge is 2.25. The maximum Gasteiger partial charge on any atom is 0.261 e. The lowest BCUT2D eigenvalue weighted by Crippen LogP contribution is -2.50.